The summed E-state index contributed by atoms with van der Waals surface area (Å²) in [4.78, 5) is 16.9. The second-order valence-electron chi connectivity index (χ2n) is 6.88. The van der Waals surface area contributed by atoms with Gasteiger partial charge in [-0.25, -0.2) is 4.98 Å². The van der Waals surface area contributed by atoms with E-state index in [1.165, 1.54) is 37.8 Å². The molecule has 1 saturated carbocycles. The Morgan fingerprint density at radius 2 is 2.05 bits per heavy atom. The van der Waals surface area contributed by atoms with Gasteiger partial charge in [0.15, 0.2) is 0 Å². The molecule has 0 radical (unpaired) electrons. The van der Waals surface area contributed by atoms with Crippen LogP contribution >= 0.6 is 0 Å². The van der Waals surface area contributed by atoms with E-state index in [1.807, 2.05) is 13.8 Å². The molecule has 21 heavy (non-hydrogen) atoms. The molecule has 116 valence electrons. The van der Waals surface area contributed by atoms with Crippen LogP contribution < -0.4 is 11.1 Å². The molecule has 0 aromatic carbocycles. The molecule has 2 heterocycles. The molecule has 0 spiro atoms. The molecule has 1 amide bonds. The maximum Gasteiger partial charge on any atom is 0.243 e. The number of imidazole rings is 1. The lowest BCUT2D eigenvalue weighted by Crippen LogP contribution is -2.44. The fraction of sp³-hybridized carbons (Fsp3) is 0.750. The summed E-state index contributed by atoms with van der Waals surface area (Å²) in [6.07, 6.45) is 7.12. The summed E-state index contributed by atoms with van der Waals surface area (Å²) in [5.74, 6) is 1.29. The number of nitrogens with two attached hydrogens (primary N) is 1. The molecule has 5 heteroatoms. The second kappa shape index (κ2) is 5.44. The van der Waals surface area contributed by atoms with Gasteiger partial charge in [0.05, 0.1) is 5.69 Å². The number of carbonyl (C=O) groups is 1. The Hall–Kier alpha value is -1.36. The predicted octanol–water partition coefficient (Wildman–Crippen LogP) is 1.80. The molecule has 1 aromatic rings. The zero-order valence-corrected chi connectivity index (χ0v) is 13.1. The third kappa shape index (κ3) is 2.48. The van der Waals surface area contributed by atoms with Gasteiger partial charge in [-0.15, -0.1) is 0 Å². The minimum absolute atomic E-state index is 0.279. The van der Waals surface area contributed by atoms with Crippen molar-refractivity contribution in [1.82, 2.24) is 14.9 Å². The van der Waals surface area contributed by atoms with Gasteiger partial charge in [0.2, 0.25) is 5.91 Å². The Bertz CT molecular complexity index is 541. The van der Waals surface area contributed by atoms with Crippen LogP contribution in [0.15, 0.2) is 0 Å². The van der Waals surface area contributed by atoms with Gasteiger partial charge in [-0.2, -0.15) is 0 Å². The standard InChI is InChI=1S/C16H26N4O/c1-16(2,15(17)21)20-13-8-9-18-10-12(13)19-14(20)11-6-4-3-5-7-11/h11,18H,3-10H2,1-2H3,(H2,17,21). The third-order valence-electron chi connectivity index (χ3n) is 5.04. The van der Waals surface area contributed by atoms with E-state index in [9.17, 15) is 4.79 Å². The molecule has 1 aromatic heterocycles. The Balaban J connectivity index is 2.10. The van der Waals surface area contributed by atoms with Gasteiger partial charge < -0.3 is 15.6 Å². The number of fused-ring (bicyclic) bond motifs is 1. The number of amides is 1. The topological polar surface area (TPSA) is 72.9 Å². The zero-order chi connectivity index (χ0) is 15.0. The Morgan fingerprint density at radius 1 is 1.33 bits per heavy atom. The molecular formula is C16H26N4O. The molecule has 3 N–H and O–H groups in total. The third-order valence-corrected chi connectivity index (χ3v) is 5.04. The lowest BCUT2D eigenvalue weighted by molar-refractivity contribution is -0.125. The van der Waals surface area contributed by atoms with Crippen LogP contribution in [0, 0.1) is 0 Å². The first kappa shape index (κ1) is 14.6. The van der Waals surface area contributed by atoms with E-state index >= 15 is 0 Å². The largest absolute Gasteiger partial charge is 0.368 e. The Morgan fingerprint density at radius 3 is 2.71 bits per heavy atom. The minimum atomic E-state index is -0.704. The smallest absolute Gasteiger partial charge is 0.243 e. The van der Waals surface area contributed by atoms with Gasteiger partial charge in [0.25, 0.3) is 0 Å². The number of nitrogens with one attached hydrogen (secondary N) is 1. The summed E-state index contributed by atoms with van der Waals surface area (Å²) in [5.41, 5.74) is 7.30. The SMILES string of the molecule is CC(C)(C(N)=O)n1c(C2CCCCC2)nc2c1CCNC2. The number of carbonyl (C=O) groups excluding carboxylic acids is 1. The van der Waals surface area contributed by atoms with Gasteiger partial charge >= 0.3 is 0 Å². The molecule has 1 aliphatic heterocycles. The first-order valence-electron chi connectivity index (χ1n) is 8.13. The van der Waals surface area contributed by atoms with Crippen molar-refractivity contribution in [3.8, 4) is 0 Å². The molecule has 5 nitrogen and oxygen atoms in total. The number of rotatable bonds is 3. The maximum absolute atomic E-state index is 12.0. The monoisotopic (exact) mass is 290 g/mol. The quantitative estimate of drug-likeness (QED) is 0.891. The van der Waals surface area contributed by atoms with Crippen molar-refractivity contribution in [2.24, 2.45) is 5.73 Å². The predicted molar refractivity (Wildman–Crippen MR) is 82.0 cm³/mol. The van der Waals surface area contributed by atoms with Crippen LogP contribution in [-0.2, 0) is 23.3 Å². The molecule has 3 rings (SSSR count). The van der Waals surface area contributed by atoms with Crippen molar-refractivity contribution >= 4 is 5.91 Å². The van der Waals surface area contributed by atoms with Crippen molar-refractivity contribution in [2.45, 2.75) is 70.4 Å². The highest BCUT2D eigenvalue weighted by Gasteiger charge is 2.36. The molecule has 0 unspecified atom stereocenters. The molecule has 1 aliphatic carbocycles. The van der Waals surface area contributed by atoms with Crippen LogP contribution in [0.3, 0.4) is 0 Å². The number of nitrogens with zero attached hydrogens (tertiary/aromatic N) is 2. The van der Waals surface area contributed by atoms with E-state index in [2.05, 4.69) is 9.88 Å². The van der Waals surface area contributed by atoms with Crippen molar-refractivity contribution in [2.75, 3.05) is 6.54 Å². The molecule has 0 atom stereocenters. The number of hydrogen-bond donors (Lipinski definition) is 2. The summed E-state index contributed by atoms with van der Waals surface area (Å²) in [6, 6.07) is 0. The second-order valence-corrected chi connectivity index (χ2v) is 6.88. The first-order chi connectivity index (χ1) is 10.0. The fourth-order valence-electron chi connectivity index (χ4n) is 3.70. The Kier molecular flexibility index (Phi) is 3.78. The van der Waals surface area contributed by atoms with Crippen LogP contribution in [0.25, 0.3) is 0 Å². The average Bonchev–Trinajstić information content (AvgIpc) is 2.88. The summed E-state index contributed by atoms with van der Waals surface area (Å²) < 4.78 is 2.17. The van der Waals surface area contributed by atoms with E-state index in [0.29, 0.717) is 5.92 Å². The zero-order valence-electron chi connectivity index (χ0n) is 13.1. The van der Waals surface area contributed by atoms with E-state index < -0.39 is 5.54 Å². The van der Waals surface area contributed by atoms with Crippen LogP contribution in [-0.4, -0.2) is 22.0 Å². The van der Waals surface area contributed by atoms with Crippen LogP contribution in [0.5, 0.6) is 0 Å². The highest BCUT2D eigenvalue weighted by atomic mass is 16.1. The summed E-state index contributed by atoms with van der Waals surface area (Å²) in [5, 5.41) is 3.37. The molecule has 2 aliphatic rings. The van der Waals surface area contributed by atoms with Crippen LogP contribution in [0.2, 0.25) is 0 Å². The van der Waals surface area contributed by atoms with Crippen LogP contribution in [0.4, 0.5) is 0 Å². The van der Waals surface area contributed by atoms with Crippen molar-refractivity contribution in [3.05, 3.63) is 17.2 Å². The van der Waals surface area contributed by atoms with Gasteiger partial charge in [-0.3, -0.25) is 4.79 Å². The van der Waals surface area contributed by atoms with E-state index in [-0.39, 0.29) is 5.91 Å². The molecular weight excluding hydrogens is 264 g/mol. The van der Waals surface area contributed by atoms with Crippen molar-refractivity contribution < 1.29 is 4.79 Å². The van der Waals surface area contributed by atoms with E-state index in [1.54, 1.807) is 0 Å². The fourth-order valence-corrected chi connectivity index (χ4v) is 3.70. The normalized spacial score (nSPS) is 20.3. The molecule has 0 saturated heterocycles. The number of aromatic nitrogens is 2. The van der Waals surface area contributed by atoms with Gasteiger partial charge in [0.1, 0.15) is 11.4 Å². The van der Waals surface area contributed by atoms with Gasteiger partial charge in [-0.05, 0) is 26.7 Å². The van der Waals surface area contributed by atoms with Gasteiger partial charge in [-0.1, -0.05) is 19.3 Å². The average molecular weight is 290 g/mol. The summed E-state index contributed by atoms with van der Waals surface area (Å²) >= 11 is 0. The number of primary amides is 1. The lowest BCUT2D eigenvalue weighted by Gasteiger charge is -2.31. The van der Waals surface area contributed by atoms with Crippen LogP contribution in [0.1, 0.15) is 69.1 Å². The highest BCUT2D eigenvalue weighted by molar-refractivity contribution is 5.82. The highest BCUT2D eigenvalue weighted by Crippen LogP contribution is 2.36. The molecule has 0 bridgehead atoms. The van der Waals surface area contributed by atoms with E-state index in [0.717, 1.165) is 31.0 Å². The Labute approximate surface area is 126 Å². The summed E-state index contributed by atoms with van der Waals surface area (Å²) in [6.45, 7) is 5.59. The maximum atomic E-state index is 12.0. The van der Waals surface area contributed by atoms with E-state index in [4.69, 9.17) is 10.7 Å². The molecule has 1 fully saturated rings. The number of hydrogen-bond acceptors (Lipinski definition) is 3. The first-order valence-corrected chi connectivity index (χ1v) is 8.13. The lowest BCUT2D eigenvalue weighted by atomic mass is 9.88. The van der Waals surface area contributed by atoms with Crippen molar-refractivity contribution in [1.29, 1.82) is 0 Å². The summed E-state index contributed by atoms with van der Waals surface area (Å²) in [7, 11) is 0. The van der Waals surface area contributed by atoms with Gasteiger partial charge in [0, 0.05) is 31.1 Å². The van der Waals surface area contributed by atoms with Crippen molar-refractivity contribution in [3.63, 3.8) is 0 Å². The minimum Gasteiger partial charge on any atom is -0.368 e.